The first kappa shape index (κ1) is 14.4. The number of carbonyl (C=O) groups excluding carboxylic acids is 1. The van der Waals surface area contributed by atoms with E-state index in [2.05, 4.69) is 10.2 Å². The van der Waals surface area contributed by atoms with Crippen LogP contribution in [0.25, 0.3) is 6.08 Å². The summed E-state index contributed by atoms with van der Waals surface area (Å²) in [7, 11) is 0. The largest absolute Gasteiger partial charge is 0.294 e. The van der Waals surface area contributed by atoms with Crippen molar-refractivity contribution in [2.75, 3.05) is 0 Å². The van der Waals surface area contributed by atoms with Gasteiger partial charge in [-0.1, -0.05) is 45.9 Å². The Morgan fingerprint density at radius 3 is 2.39 bits per heavy atom. The van der Waals surface area contributed by atoms with Crippen LogP contribution in [-0.2, 0) is 0 Å². The van der Waals surface area contributed by atoms with Crippen molar-refractivity contribution >= 4 is 11.9 Å². The van der Waals surface area contributed by atoms with Gasteiger partial charge in [0.15, 0.2) is 5.78 Å². The average Bonchev–Trinajstić information content (AvgIpc) is 2.72. The number of aromatic nitrogens is 2. The highest BCUT2D eigenvalue weighted by Gasteiger charge is 2.22. The second kappa shape index (κ2) is 6.34. The molecule has 1 rings (SSSR count). The molecule has 0 amide bonds. The zero-order valence-electron chi connectivity index (χ0n) is 11.8. The number of ketones is 1. The third kappa shape index (κ3) is 3.19. The van der Waals surface area contributed by atoms with Gasteiger partial charge in [0.1, 0.15) is 0 Å². The number of rotatable bonds is 5. The van der Waals surface area contributed by atoms with Gasteiger partial charge in [0, 0.05) is 5.92 Å². The van der Waals surface area contributed by atoms with Gasteiger partial charge in [-0.15, -0.1) is 0 Å². The first-order valence-electron chi connectivity index (χ1n) is 6.40. The third-order valence-electron chi connectivity index (χ3n) is 2.71. The number of hydrogen-bond acceptors (Lipinski definition) is 2. The zero-order valence-corrected chi connectivity index (χ0v) is 11.8. The molecule has 18 heavy (non-hydrogen) atoms. The molecule has 0 fully saturated rings. The molecule has 0 saturated heterocycles. The monoisotopic (exact) mass is 246 g/mol. The van der Waals surface area contributed by atoms with E-state index in [4.69, 9.17) is 0 Å². The predicted molar refractivity (Wildman–Crippen MR) is 75.7 cm³/mol. The van der Waals surface area contributed by atoms with E-state index in [-0.39, 0.29) is 17.6 Å². The Morgan fingerprint density at radius 2 is 1.89 bits per heavy atom. The van der Waals surface area contributed by atoms with Gasteiger partial charge in [0.05, 0.1) is 17.0 Å². The number of allylic oxidation sites excluding steroid dienone is 3. The first-order valence-corrected chi connectivity index (χ1v) is 6.40. The standard InChI is InChI=1S/C15H22N2O/c1-6-7-8-9-12-13(15(18)11(4)5)14(10(2)3)17-16-12/h6-11H,1-5H3,(H,16,17)/b7-6-,9-8-. The number of nitrogens with one attached hydrogen (secondary N) is 1. The average molecular weight is 246 g/mol. The van der Waals surface area contributed by atoms with Gasteiger partial charge in [-0.3, -0.25) is 9.89 Å². The number of carbonyl (C=O) groups is 1. The van der Waals surface area contributed by atoms with Gasteiger partial charge in [-0.05, 0) is 18.9 Å². The van der Waals surface area contributed by atoms with Gasteiger partial charge in [-0.25, -0.2) is 0 Å². The molecule has 0 radical (unpaired) electrons. The maximum atomic E-state index is 12.3. The summed E-state index contributed by atoms with van der Waals surface area (Å²) in [6, 6.07) is 0. The smallest absolute Gasteiger partial charge is 0.169 e. The van der Waals surface area contributed by atoms with Gasteiger partial charge in [0.25, 0.3) is 0 Å². The minimum atomic E-state index is -0.0195. The topological polar surface area (TPSA) is 45.8 Å². The molecule has 1 N–H and O–H groups in total. The van der Waals surface area contributed by atoms with Crippen LogP contribution in [0.3, 0.4) is 0 Å². The molecule has 3 heteroatoms. The van der Waals surface area contributed by atoms with E-state index in [1.54, 1.807) is 0 Å². The highest BCUT2D eigenvalue weighted by atomic mass is 16.1. The molecule has 0 unspecified atom stereocenters. The van der Waals surface area contributed by atoms with Gasteiger partial charge >= 0.3 is 0 Å². The molecule has 1 aromatic rings. The van der Waals surface area contributed by atoms with Crippen molar-refractivity contribution in [3.05, 3.63) is 35.2 Å². The summed E-state index contributed by atoms with van der Waals surface area (Å²) in [4.78, 5) is 12.3. The molecule has 1 aromatic heterocycles. The van der Waals surface area contributed by atoms with E-state index in [9.17, 15) is 4.79 Å². The number of hydrogen-bond donors (Lipinski definition) is 1. The Hall–Kier alpha value is -1.64. The van der Waals surface area contributed by atoms with E-state index >= 15 is 0 Å². The molecule has 1 heterocycles. The van der Waals surface area contributed by atoms with Crippen LogP contribution in [0.5, 0.6) is 0 Å². The lowest BCUT2D eigenvalue weighted by Crippen LogP contribution is -2.11. The predicted octanol–water partition coefficient (Wildman–Crippen LogP) is 3.96. The van der Waals surface area contributed by atoms with Gasteiger partial charge in [-0.2, -0.15) is 5.10 Å². The van der Waals surface area contributed by atoms with Crippen LogP contribution in [0.1, 0.15) is 62.3 Å². The van der Waals surface area contributed by atoms with Crippen molar-refractivity contribution in [1.29, 1.82) is 0 Å². The Balaban J connectivity index is 3.23. The molecule has 3 nitrogen and oxygen atoms in total. The number of nitrogens with zero attached hydrogens (tertiary/aromatic N) is 1. The Kier molecular flexibility index (Phi) is 5.08. The van der Waals surface area contributed by atoms with Crippen LogP contribution in [0.2, 0.25) is 0 Å². The van der Waals surface area contributed by atoms with Crippen LogP contribution in [0.15, 0.2) is 18.2 Å². The van der Waals surface area contributed by atoms with Crippen molar-refractivity contribution in [1.82, 2.24) is 10.2 Å². The number of H-pyrrole nitrogens is 1. The minimum absolute atomic E-state index is 0.0195. The fraction of sp³-hybridized carbons (Fsp3) is 0.467. The van der Waals surface area contributed by atoms with Crippen molar-refractivity contribution in [3.63, 3.8) is 0 Å². The quantitative estimate of drug-likeness (QED) is 0.631. The molecular weight excluding hydrogens is 224 g/mol. The van der Waals surface area contributed by atoms with Gasteiger partial charge in [0.2, 0.25) is 0 Å². The Labute approximate surface area is 109 Å². The lowest BCUT2D eigenvalue weighted by atomic mass is 9.94. The third-order valence-corrected chi connectivity index (χ3v) is 2.71. The molecule has 0 saturated carbocycles. The zero-order chi connectivity index (χ0) is 13.7. The van der Waals surface area contributed by atoms with Crippen LogP contribution in [-0.4, -0.2) is 16.0 Å². The fourth-order valence-corrected chi connectivity index (χ4v) is 1.72. The van der Waals surface area contributed by atoms with Crippen molar-refractivity contribution in [2.45, 2.75) is 40.5 Å². The summed E-state index contributed by atoms with van der Waals surface area (Å²) in [6.45, 7) is 9.88. The van der Waals surface area contributed by atoms with E-state index in [0.29, 0.717) is 0 Å². The fourth-order valence-electron chi connectivity index (χ4n) is 1.72. The van der Waals surface area contributed by atoms with Gasteiger partial charge < -0.3 is 0 Å². The van der Waals surface area contributed by atoms with Crippen molar-refractivity contribution < 1.29 is 4.79 Å². The summed E-state index contributed by atoms with van der Waals surface area (Å²) in [5.74, 6) is 0.365. The molecular formula is C15H22N2O. The molecule has 0 aliphatic rings. The Bertz CT molecular complexity index is 465. The van der Waals surface area contributed by atoms with Crippen molar-refractivity contribution in [2.24, 2.45) is 5.92 Å². The highest BCUT2D eigenvalue weighted by Crippen LogP contribution is 2.23. The van der Waals surface area contributed by atoms with Crippen LogP contribution < -0.4 is 0 Å². The molecule has 98 valence electrons. The summed E-state index contributed by atoms with van der Waals surface area (Å²) < 4.78 is 0. The molecule has 0 aliphatic heterocycles. The molecule has 0 bridgehead atoms. The number of Topliss-reactive ketones (excluding diaryl/α,β-unsaturated/α-hetero) is 1. The van der Waals surface area contributed by atoms with E-state index in [1.165, 1.54) is 0 Å². The Morgan fingerprint density at radius 1 is 1.22 bits per heavy atom. The second-order valence-electron chi connectivity index (χ2n) is 4.96. The molecule has 0 aliphatic carbocycles. The summed E-state index contributed by atoms with van der Waals surface area (Å²) in [5.41, 5.74) is 2.39. The lowest BCUT2D eigenvalue weighted by molar-refractivity contribution is 0.0938. The maximum absolute atomic E-state index is 12.3. The lowest BCUT2D eigenvalue weighted by Gasteiger charge is -2.08. The van der Waals surface area contributed by atoms with E-state index < -0.39 is 0 Å². The maximum Gasteiger partial charge on any atom is 0.169 e. The van der Waals surface area contributed by atoms with E-state index in [1.807, 2.05) is 58.9 Å². The van der Waals surface area contributed by atoms with Crippen LogP contribution in [0, 0.1) is 5.92 Å². The minimum Gasteiger partial charge on any atom is -0.294 e. The highest BCUT2D eigenvalue weighted by molar-refractivity contribution is 6.01. The normalized spacial score (nSPS) is 12.4. The first-order chi connectivity index (χ1) is 8.49. The molecule has 0 spiro atoms. The van der Waals surface area contributed by atoms with Crippen LogP contribution >= 0.6 is 0 Å². The SMILES string of the molecule is C/C=C\C=C/c1[nH]nc(C(C)C)c1C(=O)C(C)C. The van der Waals surface area contributed by atoms with Crippen LogP contribution in [0.4, 0.5) is 0 Å². The summed E-state index contributed by atoms with van der Waals surface area (Å²) in [5, 5.41) is 7.24. The molecule has 0 aromatic carbocycles. The summed E-state index contributed by atoms with van der Waals surface area (Å²) in [6.07, 6.45) is 7.68. The summed E-state index contributed by atoms with van der Waals surface area (Å²) >= 11 is 0. The van der Waals surface area contributed by atoms with Crippen molar-refractivity contribution in [3.8, 4) is 0 Å². The second-order valence-corrected chi connectivity index (χ2v) is 4.96. The van der Waals surface area contributed by atoms with E-state index in [0.717, 1.165) is 17.0 Å². The molecule has 0 atom stereocenters. The number of aromatic amines is 1.